The molecule has 0 bridgehead atoms. The molecular weight excluding hydrogens is 254 g/mol. The summed E-state index contributed by atoms with van der Waals surface area (Å²) in [6, 6.07) is 2.78. The molecule has 0 unspecified atom stereocenters. The lowest BCUT2D eigenvalue weighted by Crippen LogP contribution is -1.97. The lowest BCUT2D eigenvalue weighted by molar-refractivity contribution is -0.385. The molecular formula is C10H9N5O2S. The highest BCUT2D eigenvalue weighted by Gasteiger charge is 2.11. The molecule has 2 aromatic heterocycles. The highest BCUT2D eigenvalue weighted by molar-refractivity contribution is 7.99. The molecule has 0 aliphatic carbocycles. The standard InChI is InChI=1S/C10H9N5O2S/c1-11-8-4-7(15(16)17)5-9(14-8)18-10-6-12-2-3-13-10/h2-6H,1H3,(H,11,14). The van der Waals surface area contributed by atoms with E-state index in [1.807, 2.05) is 0 Å². The Morgan fingerprint density at radius 1 is 1.33 bits per heavy atom. The van der Waals surface area contributed by atoms with Crippen molar-refractivity contribution in [3.63, 3.8) is 0 Å². The molecule has 2 rings (SSSR count). The summed E-state index contributed by atoms with van der Waals surface area (Å²) in [6.07, 6.45) is 4.69. The number of aromatic nitrogens is 3. The monoisotopic (exact) mass is 263 g/mol. The van der Waals surface area contributed by atoms with Crippen molar-refractivity contribution < 1.29 is 4.92 Å². The maximum atomic E-state index is 10.8. The lowest BCUT2D eigenvalue weighted by Gasteiger charge is -2.03. The van der Waals surface area contributed by atoms with Gasteiger partial charge in [-0.25, -0.2) is 9.97 Å². The topological polar surface area (TPSA) is 93.8 Å². The molecule has 0 aliphatic rings. The number of nitro groups is 1. The maximum Gasteiger partial charge on any atom is 0.275 e. The van der Waals surface area contributed by atoms with Crippen molar-refractivity contribution in [2.45, 2.75) is 10.1 Å². The Labute approximate surface area is 107 Å². The van der Waals surface area contributed by atoms with Gasteiger partial charge in [0.15, 0.2) is 0 Å². The number of nitrogens with one attached hydrogen (secondary N) is 1. The first-order valence-corrected chi connectivity index (χ1v) is 5.79. The minimum Gasteiger partial charge on any atom is -0.373 e. The number of anilines is 1. The van der Waals surface area contributed by atoms with E-state index in [-0.39, 0.29) is 5.69 Å². The molecule has 8 heteroatoms. The van der Waals surface area contributed by atoms with Crippen molar-refractivity contribution in [1.82, 2.24) is 15.0 Å². The zero-order chi connectivity index (χ0) is 13.0. The van der Waals surface area contributed by atoms with Crippen molar-refractivity contribution in [2.24, 2.45) is 0 Å². The van der Waals surface area contributed by atoms with Crippen molar-refractivity contribution in [2.75, 3.05) is 12.4 Å². The molecule has 0 fully saturated rings. The van der Waals surface area contributed by atoms with Gasteiger partial charge >= 0.3 is 0 Å². The molecule has 2 heterocycles. The van der Waals surface area contributed by atoms with Gasteiger partial charge in [-0.15, -0.1) is 0 Å². The molecule has 0 spiro atoms. The fourth-order valence-corrected chi connectivity index (χ4v) is 1.99. The third kappa shape index (κ3) is 2.92. The van der Waals surface area contributed by atoms with Crippen molar-refractivity contribution in [3.05, 3.63) is 40.8 Å². The van der Waals surface area contributed by atoms with E-state index in [1.165, 1.54) is 23.9 Å². The molecule has 7 nitrogen and oxygen atoms in total. The molecule has 2 aromatic rings. The van der Waals surface area contributed by atoms with Gasteiger partial charge in [-0.1, -0.05) is 0 Å². The van der Waals surface area contributed by atoms with Gasteiger partial charge in [-0.2, -0.15) is 0 Å². The predicted molar refractivity (Wildman–Crippen MR) is 66.6 cm³/mol. The number of hydrogen-bond acceptors (Lipinski definition) is 7. The largest absolute Gasteiger partial charge is 0.373 e. The highest BCUT2D eigenvalue weighted by atomic mass is 32.2. The van der Waals surface area contributed by atoms with E-state index in [2.05, 4.69) is 20.3 Å². The summed E-state index contributed by atoms with van der Waals surface area (Å²) in [4.78, 5) is 22.5. The van der Waals surface area contributed by atoms with Crippen LogP contribution in [-0.4, -0.2) is 26.9 Å². The molecule has 0 aliphatic heterocycles. The highest BCUT2D eigenvalue weighted by Crippen LogP contribution is 2.28. The first-order valence-electron chi connectivity index (χ1n) is 4.97. The molecule has 92 valence electrons. The van der Waals surface area contributed by atoms with E-state index >= 15 is 0 Å². The van der Waals surface area contributed by atoms with Crippen molar-refractivity contribution in [3.8, 4) is 0 Å². The van der Waals surface area contributed by atoms with Crippen molar-refractivity contribution in [1.29, 1.82) is 0 Å². The van der Waals surface area contributed by atoms with Gasteiger partial charge in [-0.3, -0.25) is 15.1 Å². The number of nitrogens with zero attached hydrogens (tertiary/aromatic N) is 4. The third-order valence-corrected chi connectivity index (χ3v) is 2.84. The summed E-state index contributed by atoms with van der Waals surface area (Å²) in [5.41, 5.74) is -0.0132. The summed E-state index contributed by atoms with van der Waals surface area (Å²) in [7, 11) is 1.66. The number of hydrogen-bond donors (Lipinski definition) is 1. The summed E-state index contributed by atoms with van der Waals surface area (Å²) in [5, 5.41) is 14.7. The van der Waals surface area contributed by atoms with Crippen LogP contribution in [0.15, 0.2) is 40.8 Å². The second kappa shape index (κ2) is 5.41. The van der Waals surface area contributed by atoms with Crippen LogP contribution in [0.25, 0.3) is 0 Å². The van der Waals surface area contributed by atoms with Gasteiger partial charge in [0.25, 0.3) is 5.69 Å². The summed E-state index contributed by atoms with van der Waals surface area (Å²) >= 11 is 1.22. The van der Waals surface area contributed by atoms with Crippen LogP contribution in [0.5, 0.6) is 0 Å². The second-order valence-electron chi connectivity index (χ2n) is 3.20. The summed E-state index contributed by atoms with van der Waals surface area (Å²) in [6.45, 7) is 0. The maximum absolute atomic E-state index is 10.8. The van der Waals surface area contributed by atoms with Gasteiger partial charge < -0.3 is 5.32 Å². The van der Waals surface area contributed by atoms with Crippen LogP contribution in [0.4, 0.5) is 11.5 Å². The number of rotatable bonds is 4. The Morgan fingerprint density at radius 3 is 2.78 bits per heavy atom. The Morgan fingerprint density at radius 2 is 2.17 bits per heavy atom. The Balaban J connectivity index is 2.32. The summed E-state index contributed by atoms with van der Waals surface area (Å²) < 4.78 is 0. The lowest BCUT2D eigenvalue weighted by atomic mass is 10.4. The average Bonchev–Trinajstić information content (AvgIpc) is 2.39. The molecule has 0 saturated carbocycles. The predicted octanol–water partition coefficient (Wildman–Crippen LogP) is 1.97. The van der Waals surface area contributed by atoms with E-state index in [0.29, 0.717) is 15.9 Å². The normalized spacial score (nSPS) is 10.1. The van der Waals surface area contributed by atoms with E-state index in [1.54, 1.807) is 25.6 Å². The zero-order valence-corrected chi connectivity index (χ0v) is 10.2. The molecule has 1 N–H and O–H groups in total. The SMILES string of the molecule is CNc1cc([N+](=O)[O-])cc(Sc2cnccn2)n1. The summed E-state index contributed by atoms with van der Waals surface area (Å²) in [5.74, 6) is 0.440. The fourth-order valence-electron chi connectivity index (χ4n) is 1.22. The molecule has 0 radical (unpaired) electrons. The van der Waals surface area contributed by atoms with Gasteiger partial charge in [0.1, 0.15) is 15.9 Å². The van der Waals surface area contributed by atoms with Crippen LogP contribution in [0.3, 0.4) is 0 Å². The van der Waals surface area contributed by atoms with Gasteiger partial charge in [-0.05, 0) is 11.8 Å². The third-order valence-electron chi connectivity index (χ3n) is 2.00. The number of pyridine rings is 1. The van der Waals surface area contributed by atoms with Crippen LogP contribution in [0.2, 0.25) is 0 Å². The molecule has 0 aromatic carbocycles. The first kappa shape index (κ1) is 12.2. The smallest absolute Gasteiger partial charge is 0.275 e. The van der Waals surface area contributed by atoms with Gasteiger partial charge in [0.2, 0.25) is 0 Å². The van der Waals surface area contributed by atoms with Crippen LogP contribution in [-0.2, 0) is 0 Å². The molecule has 0 atom stereocenters. The Hall–Kier alpha value is -2.22. The minimum absolute atomic E-state index is 0.0132. The van der Waals surface area contributed by atoms with E-state index in [0.717, 1.165) is 0 Å². The van der Waals surface area contributed by atoms with E-state index in [4.69, 9.17) is 0 Å². The second-order valence-corrected chi connectivity index (χ2v) is 4.24. The van der Waals surface area contributed by atoms with Crippen LogP contribution in [0.1, 0.15) is 0 Å². The van der Waals surface area contributed by atoms with E-state index in [9.17, 15) is 10.1 Å². The molecule has 18 heavy (non-hydrogen) atoms. The molecule has 0 saturated heterocycles. The zero-order valence-electron chi connectivity index (χ0n) is 9.40. The Kier molecular flexibility index (Phi) is 3.68. The Bertz CT molecular complexity index is 563. The van der Waals surface area contributed by atoms with Crippen molar-refractivity contribution >= 4 is 23.3 Å². The quantitative estimate of drug-likeness (QED) is 0.665. The minimum atomic E-state index is -0.455. The van der Waals surface area contributed by atoms with Crippen LogP contribution >= 0.6 is 11.8 Å². The average molecular weight is 263 g/mol. The van der Waals surface area contributed by atoms with E-state index < -0.39 is 4.92 Å². The first-order chi connectivity index (χ1) is 8.69. The van der Waals surface area contributed by atoms with Gasteiger partial charge in [0, 0.05) is 25.5 Å². The van der Waals surface area contributed by atoms with Crippen LogP contribution in [0, 0.1) is 10.1 Å². The fraction of sp³-hybridized carbons (Fsp3) is 0.100. The van der Waals surface area contributed by atoms with Crippen LogP contribution < -0.4 is 5.32 Å². The van der Waals surface area contributed by atoms with Gasteiger partial charge in [0.05, 0.1) is 17.2 Å². The molecule has 0 amide bonds.